The maximum Gasteiger partial charge on any atom is 0.161 e. The van der Waals surface area contributed by atoms with Crippen LogP contribution in [-0.2, 0) is 13.0 Å². The van der Waals surface area contributed by atoms with E-state index >= 15 is 0 Å². The van der Waals surface area contributed by atoms with Gasteiger partial charge in [0.1, 0.15) is 12.4 Å². The molecule has 1 heterocycles. The summed E-state index contributed by atoms with van der Waals surface area (Å²) in [4.78, 5) is 12.1. The first-order chi connectivity index (χ1) is 12.9. The number of carbonyl (C=O) groups excluding carboxylic acids is 1. The van der Waals surface area contributed by atoms with E-state index in [1.165, 1.54) is 16.7 Å². The Morgan fingerprint density at radius 2 is 1.96 bits per heavy atom. The molecule has 0 radical (unpaired) electrons. The maximum absolute atomic E-state index is 12.1. The first-order valence-electron chi connectivity index (χ1n) is 9.77. The van der Waals surface area contributed by atoms with Crippen LogP contribution >= 0.6 is 0 Å². The smallest absolute Gasteiger partial charge is 0.161 e. The Kier molecular flexibility index (Phi) is 5.69. The second-order valence-corrected chi connectivity index (χ2v) is 7.50. The molecule has 0 N–H and O–H groups in total. The first-order valence-corrected chi connectivity index (χ1v) is 9.77. The molecule has 0 aliphatic rings. The summed E-state index contributed by atoms with van der Waals surface area (Å²) in [6.07, 6.45) is 2.92. The fraction of sp³-hybridized carbons (Fsp3) is 0.375. The number of Topliss-reactive ketones (excluding diaryl/α,β-unsaturated/α-hetero) is 1. The third-order valence-corrected chi connectivity index (χ3v) is 5.12. The van der Waals surface area contributed by atoms with Crippen LogP contribution in [0.2, 0.25) is 0 Å². The van der Waals surface area contributed by atoms with Gasteiger partial charge in [0.05, 0.1) is 12.1 Å². The van der Waals surface area contributed by atoms with Crippen LogP contribution in [0.25, 0.3) is 10.9 Å². The molecule has 0 fully saturated rings. The predicted molar refractivity (Wildman–Crippen MR) is 112 cm³/mol. The molecular weight excluding hydrogens is 334 g/mol. The molecule has 3 aromatic rings. The summed E-state index contributed by atoms with van der Waals surface area (Å²) in [5, 5.41) is 1.04. The second kappa shape index (κ2) is 7.99. The minimum absolute atomic E-state index is 0.105. The molecule has 0 amide bonds. The number of fused-ring (bicyclic) bond motifs is 1. The normalized spacial score (nSPS) is 11.3. The molecule has 27 heavy (non-hydrogen) atoms. The number of carbonyl (C=O) groups is 1. The van der Waals surface area contributed by atoms with Gasteiger partial charge in [-0.15, -0.1) is 0 Å². The molecule has 3 rings (SSSR count). The molecule has 0 aliphatic carbocycles. The van der Waals surface area contributed by atoms with E-state index in [0.717, 1.165) is 28.6 Å². The van der Waals surface area contributed by atoms with Gasteiger partial charge >= 0.3 is 0 Å². The molecule has 3 nitrogen and oxygen atoms in total. The van der Waals surface area contributed by atoms with Crippen molar-refractivity contribution >= 4 is 16.7 Å². The second-order valence-electron chi connectivity index (χ2n) is 7.50. The Hall–Kier alpha value is -2.55. The third-order valence-electron chi connectivity index (χ3n) is 5.12. The molecule has 0 atom stereocenters. The van der Waals surface area contributed by atoms with E-state index < -0.39 is 0 Å². The summed E-state index contributed by atoms with van der Waals surface area (Å²) in [6.45, 7) is 11.5. The molecule has 3 heteroatoms. The molecule has 1 aromatic heterocycles. The number of hydrogen-bond acceptors (Lipinski definition) is 2. The van der Waals surface area contributed by atoms with E-state index in [1.54, 1.807) is 6.92 Å². The molecule has 0 spiro atoms. The molecule has 142 valence electrons. The summed E-state index contributed by atoms with van der Waals surface area (Å²) in [7, 11) is 0. The zero-order valence-corrected chi connectivity index (χ0v) is 17.0. The van der Waals surface area contributed by atoms with Gasteiger partial charge in [-0.3, -0.25) is 4.79 Å². The predicted octanol–water partition coefficient (Wildman–Crippen LogP) is 5.92. The van der Waals surface area contributed by atoms with Crippen molar-refractivity contribution in [2.45, 2.75) is 53.5 Å². The Bertz CT molecular complexity index is 966. The average Bonchev–Trinajstić information content (AvgIpc) is 3.01. The highest BCUT2D eigenvalue weighted by molar-refractivity contribution is 6.07. The van der Waals surface area contributed by atoms with E-state index in [-0.39, 0.29) is 5.78 Å². The quantitative estimate of drug-likeness (QED) is 0.488. The van der Waals surface area contributed by atoms with Gasteiger partial charge < -0.3 is 9.30 Å². The van der Waals surface area contributed by atoms with Crippen LogP contribution in [0.15, 0.2) is 42.6 Å². The lowest BCUT2D eigenvalue weighted by atomic mass is 10.0. The number of ketones is 1. The van der Waals surface area contributed by atoms with Crippen LogP contribution in [0.3, 0.4) is 0 Å². The van der Waals surface area contributed by atoms with E-state index in [1.807, 2.05) is 18.3 Å². The van der Waals surface area contributed by atoms with E-state index in [0.29, 0.717) is 19.1 Å². The van der Waals surface area contributed by atoms with Gasteiger partial charge in [-0.05, 0) is 48.9 Å². The standard InChI is InChI=1S/C24H29NO2/c1-6-19-8-7-9-21-22(18(5)26)15-25(24(19)21)12-13-27-23-14-17(4)10-11-20(23)16(2)3/h7-11,14-16H,6,12-13H2,1-5H3. The zero-order chi connectivity index (χ0) is 19.6. The maximum atomic E-state index is 12.1. The largest absolute Gasteiger partial charge is 0.491 e. The Morgan fingerprint density at radius 1 is 1.19 bits per heavy atom. The highest BCUT2D eigenvalue weighted by atomic mass is 16.5. The first kappa shape index (κ1) is 19.2. The van der Waals surface area contributed by atoms with Crippen molar-refractivity contribution in [1.29, 1.82) is 0 Å². The Labute approximate surface area is 162 Å². The van der Waals surface area contributed by atoms with Gasteiger partial charge in [0.25, 0.3) is 0 Å². The van der Waals surface area contributed by atoms with Crippen LogP contribution in [0.1, 0.15) is 60.7 Å². The molecule has 0 unspecified atom stereocenters. The molecule has 0 bridgehead atoms. The minimum atomic E-state index is 0.105. The van der Waals surface area contributed by atoms with Crippen LogP contribution in [0.4, 0.5) is 0 Å². The highest BCUT2D eigenvalue weighted by Gasteiger charge is 2.15. The molecule has 2 aromatic carbocycles. The monoisotopic (exact) mass is 363 g/mol. The summed E-state index contributed by atoms with van der Waals surface area (Å²) in [6, 6.07) is 12.6. The van der Waals surface area contributed by atoms with Crippen LogP contribution in [0, 0.1) is 6.92 Å². The topological polar surface area (TPSA) is 31.2 Å². The number of nitrogens with zero attached hydrogens (tertiary/aromatic N) is 1. The lowest BCUT2D eigenvalue weighted by molar-refractivity contribution is 0.101. The lowest BCUT2D eigenvalue weighted by Crippen LogP contribution is -2.09. The van der Waals surface area contributed by atoms with Crippen molar-refractivity contribution in [3.63, 3.8) is 0 Å². The number of hydrogen-bond donors (Lipinski definition) is 0. The van der Waals surface area contributed by atoms with E-state index in [4.69, 9.17) is 4.74 Å². The van der Waals surface area contributed by atoms with Gasteiger partial charge in [0.15, 0.2) is 5.78 Å². The third kappa shape index (κ3) is 3.92. The summed E-state index contributed by atoms with van der Waals surface area (Å²) in [5.74, 6) is 1.49. The molecular formula is C24H29NO2. The number of benzene rings is 2. The number of rotatable bonds is 7. The van der Waals surface area contributed by atoms with Crippen molar-refractivity contribution in [3.05, 3.63) is 64.8 Å². The molecule has 0 aliphatic heterocycles. The number of aromatic nitrogens is 1. The highest BCUT2D eigenvalue weighted by Crippen LogP contribution is 2.28. The van der Waals surface area contributed by atoms with Gasteiger partial charge in [-0.2, -0.15) is 0 Å². The Morgan fingerprint density at radius 3 is 2.63 bits per heavy atom. The fourth-order valence-corrected chi connectivity index (χ4v) is 3.68. The van der Waals surface area contributed by atoms with E-state index in [2.05, 4.69) is 56.5 Å². The van der Waals surface area contributed by atoms with Crippen LogP contribution in [-0.4, -0.2) is 17.0 Å². The van der Waals surface area contributed by atoms with E-state index in [9.17, 15) is 4.79 Å². The zero-order valence-electron chi connectivity index (χ0n) is 17.0. The Balaban J connectivity index is 1.88. The van der Waals surface area contributed by atoms with Crippen molar-refractivity contribution in [1.82, 2.24) is 4.57 Å². The number of ether oxygens (including phenoxy) is 1. The summed E-state index contributed by atoms with van der Waals surface area (Å²) < 4.78 is 8.35. The van der Waals surface area contributed by atoms with Gasteiger partial charge in [0.2, 0.25) is 0 Å². The summed E-state index contributed by atoms with van der Waals surface area (Å²) in [5.41, 5.74) is 5.64. The lowest BCUT2D eigenvalue weighted by Gasteiger charge is -2.16. The van der Waals surface area contributed by atoms with Gasteiger partial charge in [-0.1, -0.05) is 51.1 Å². The molecule has 0 saturated carbocycles. The summed E-state index contributed by atoms with van der Waals surface area (Å²) >= 11 is 0. The van der Waals surface area contributed by atoms with Crippen LogP contribution in [0.5, 0.6) is 5.75 Å². The van der Waals surface area contributed by atoms with Crippen molar-refractivity contribution < 1.29 is 9.53 Å². The fourth-order valence-electron chi connectivity index (χ4n) is 3.68. The van der Waals surface area contributed by atoms with Crippen LogP contribution < -0.4 is 4.74 Å². The van der Waals surface area contributed by atoms with Crippen molar-refractivity contribution in [3.8, 4) is 5.75 Å². The molecule has 0 saturated heterocycles. The minimum Gasteiger partial charge on any atom is -0.491 e. The average molecular weight is 364 g/mol. The number of para-hydroxylation sites is 1. The number of aryl methyl sites for hydroxylation is 2. The van der Waals surface area contributed by atoms with Crippen molar-refractivity contribution in [2.24, 2.45) is 0 Å². The SMILES string of the molecule is CCc1cccc2c(C(C)=O)cn(CCOc3cc(C)ccc3C(C)C)c12. The van der Waals surface area contributed by atoms with Crippen molar-refractivity contribution in [2.75, 3.05) is 6.61 Å². The van der Waals surface area contributed by atoms with Gasteiger partial charge in [0, 0.05) is 17.1 Å². The van der Waals surface area contributed by atoms with Gasteiger partial charge in [-0.25, -0.2) is 0 Å².